The number of rotatable bonds is 10. The molecular formula is C43H32F7N9O5. The Kier molecular flexibility index (Phi) is 12.5. The molecule has 5 heterocycles. The van der Waals surface area contributed by atoms with Crippen LogP contribution in [0, 0.1) is 5.95 Å². The van der Waals surface area contributed by atoms with Crippen molar-refractivity contribution in [2.45, 2.75) is 18.8 Å². The molecule has 5 aromatic heterocycles. The molecule has 0 radical (unpaired) electrons. The molecule has 0 aliphatic heterocycles. The van der Waals surface area contributed by atoms with Crippen LogP contribution < -0.4 is 31.2 Å². The summed E-state index contributed by atoms with van der Waals surface area (Å²) in [5.41, 5.74) is 1.57. The molecule has 328 valence electrons. The lowest BCUT2D eigenvalue weighted by molar-refractivity contribution is -0.116. The Bertz CT molecular complexity index is 3040. The van der Waals surface area contributed by atoms with Crippen LogP contribution in [0.1, 0.15) is 12.0 Å². The Morgan fingerprint density at radius 3 is 1.53 bits per heavy atom. The summed E-state index contributed by atoms with van der Waals surface area (Å²) in [7, 11) is 3.00. The third-order valence-corrected chi connectivity index (χ3v) is 9.36. The molecule has 0 atom stereocenters. The molecule has 0 saturated heterocycles. The van der Waals surface area contributed by atoms with Crippen LogP contribution in [-0.4, -0.2) is 79.5 Å². The van der Waals surface area contributed by atoms with Gasteiger partial charge in [0.15, 0.2) is 17.1 Å². The van der Waals surface area contributed by atoms with Gasteiger partial charge >= 0.3 is 12.4 Å². The first-order valence-electron chi connectivity index (χ1n) is 18.8. The SMILES string of the molecule is COc1ccc(-n2c(=O)c(-c3ccc(F)nc3)cc3cnc(NCC(F)(F)F)nc32)cc1.COc1ccc(-n2c(=O)c(C3=CCC(=O)C=C3)cc3cnc(NCC(F)(F)F)nc32)cc1. The number of benzene rings is 2. The van der Waals surface area contributed by atoms with E-state index < -0.39 is 42.5 Å². The van der Waals surface area contributed by atoms with Gasteiger partial charge < -0.3 is 20.1 Å². The zero-order valence-electron chi connectivity index (χ0n) is 33.3. The number of nitrogens with one attached hydrogen (secondary N) is 2. The summed E-state index contributed by atoms with van der Waals surface area (Å²) in [5, 5.41) is 5.07. The number of methoxy groups -OCH3 is 2. The second-order valence-corrected chi connectivity index (χ2v) is 13.7. The highest BCUT2D eigenvalue weighted by atomic mass is 19.4. The second-order valence-electron chi connectivity index (χ2n) is 13.7. The van der Waals surface area contributed by atoms with Gasteiger partial charge in [-0.3, -0.25) is 23.5 Å². The fourth-order valence-electron chi connectivity index (χ4n) is 6.34. The summed E-state index contributed by atoms with van der Waals surface area (Å²) in [6.07, 6.45) is -0.252. The van der Waals surface area contributed by atoms with E-state index in [0.717, 1.165) is 6.07 Å². The molecule has 14 nitrogen and oxygen atoms in total. The minimum absolute atomic E-state index is 0.0752. The van der Waals surface area contributed by atoms with Crippen LogP contribution in [-0.2, 0) is 4.79 Å². The average Bonchev–Trinajstić information content (AvgIpc) is 3.28. The fourth-order valence-corrected chi connectivity index (χ4v) is 6.34. The van der Waals surface area contributed by atoms with E-state index in [1.54, 1.807) is 66.7 Å². The first-order chi connectivity index (χ1) is 30.5. The Labute approximate surface area is 356 Å². The molecular weight excluding hydrogens is 856 g/mol. The van der Waals surface area contributed by atoms with Gasteiger partial charge in [0.25, 0.3) is 11.1 Å². The normalized spacial score (nSPS) is 12.7. The molecule has 0 unspecified atom stereocenters. The molecule has 0 bridgehead atoms. The van der Waals surface area contributed by atoms with Gasteiger partial charge in [0, 0.05) is 52.5 Å². The first-order valence-corrected chi connectivity index (χ1v) is 18.8. The number of hydrogen-bond acceptors (Lipinski definition) is 12. The second kappa shape index (κ2) is 18.2. The highest BCUT2D eigenvalue weighted by Gasteiger charge is 2.28. The quantitative estimate of drug-likeness (QED) is 0.102. The standard InChI is InChI=1S/C22H17F3N4O3.C21H15F4N5O2/c1-32-17-8-4-15(5-9-17)29-19-14(11-26-21(28-19)27-12-22(23,24)25)10-18(20(29)31)13-2-6-16(30)7-3-13;1-32-15-5-3-14(4-6-15)30-18-13(10-27-20(29-18)28-11-21(23,24)25)8-16(19(30)31)12-2-7-17(22)26-9-12/h2-6,8-11H,7,12H2,1H3,(H,26,27,28);2-10H,11H2,1H3,(H,27,28,29). The summed E-state index contributed by atoms with van der Waals surface area (Å²) in [5.74, 6) is -0.199. The van der Waals surface area contributed by atoms with Crippen molar-refractivity contribution in [1.29, 1.82) is 0 Å². The van der Waals surface area contributed by atoms with E-state index in [9.17, 15) is 45.1 Å². The highest BCUT2D eigenvalue weighted by Crippen LogP contribution is 2.27. The van der Waals surface area contributed by atoms with Gasteiger partial charge in [-0.05, 0) is 84.4 Å². The summed E-state index contributed by atoms with van der Waals surface area (Å²) < 4.78 is 102. The third-order valence-electron chi connectivity index (χ3n) is 9.36. The number of ketones is 1. The Morgan fingerprint density at radius 1 is 0.625 bits per heavy atom. The van der Waals surface area contributed by atoms with Crippen molar-refractivity contribution in [3.8, 4) is 34.0 Å². The van der Waals surface area contributed by atoms with Crippen molar-refractivity contribution in [2.24, 2.45) is 0 Å². The molecule has 2 N–H and O–H groups in total. The molecule has 1 aliphatic rings. The molecule has 0 fully saturated rings. The van der Waals surface area contributed by atoms with Crippen molar-refractivity contribution in [3.05, 3.63) is 142 Å². The Balaban J connectivity index is 0.000000191. The van der Waals surface area contributed by atoms with Gasteiger partial charge in [-0.15, -0.1) is 0 Å². The van der Waals surface area contributed by atoms with E-state index in [1.807, 2.05) is 0 Å². The van der Waals surface area contributed by atoms with Crippen molar-refractivity contribution < 1.29 is 45.0 Å². The average molecular weight is 888 g/mol. The summed E-state index contributed by atoms with van der Waals surface area (Å²) >= 11 is 0. The van der Waals surface area contributed by atoms with E-state index in [1.165, 1.54) is 60.2 Å². The van der Waals surface area contributed by atoms with Gasteiger partial charge in [0.05, 0.1) is 25.6 Å². The minimum atomic E-state index is -4.46. The number of nitrogens with zero attached hydrogens (tertiary/aromatic N) is 7. The van der Waals surface area contributed by atoms with Crippen LogP contribution in [0.4, 0.5) is 42.6 Å². The molecule has 8 rings (SSSR count). The van der Waals surface area contributed by atoms with Crippen LogP contribution in [0.5, 0.6) is 11.5 Å². The molecule has 21 heteroatoms. The summed E-state index contributed by atoms with van der Waals surface area (Å²) in [6.45, 7) is -2.64. The maximum Gasteiger partial charge on any atom is 0.405 e. The number of carbonyl (C=O) groups is 1. The zero-order chi connectivity index (χ0) is 45.8. The third kappa shape index (κ3) is 10.2. The highest BCUT2D eigenvalue weighted by molar-refractivity contribution is 5.98. The number of alkyl halides is 6. The monoisotopic (exact) mass is 887 g/mol. The van der Waals surface area contributed by atoms with Crippen molar-refractivity contribution in [1.82, 2.24) is 34.1 Å². The maximum atomic E-state index is 13.5. The Hall–Kier alpha value is -7.97. The predicted molar refractivity (Wildman–Crippen MR) is 222 cm³/mol. The molecule has 0 saturated carbocycles. The number of halogens is 7. The van der Waals surface area contributed by atoms with E-state index in [-0.39, 0.29) is 41.0 Å². The number of carbonyl (C=O) groups excluding carboxylic acids is 1. The number of hydrogen-bond donors (Lipinski definition) is 2. The zero-order valence-corrected chi connectivity index (χ0v) is 33.3. The van der Waals surface area contributed by atoms with E-state index in [0.29, 0.717) is 50.3 Å². The molecule has 0 spiro atoms. The van der Waals surface area contributed by atoms with Crippen molar-refractivity contribution in [2.75, 3.05) is 37.9 Å². The molecule has 7 aromatic rings. The molecule has 0 amide bonds. The number of anilines is 2. The van der Waals surface area contributed by atoms with E-state index in [2.05, 4.69) is 35.6 Å². The van der Waals surface area contributed by atoms with Crippen LogP contribution in [0.15, 0.2) is 119 Å². The van der Waals surface area contributed by atoms with Gasteiger partial charge in [-0.25, -0.2) is 15.0 Å². The lowest BCUT2D eigenvalue weighted by Gasteiger charge is -2.15. The Morgan fingerprint density at radius 2 is 1.11 bits per heavy atom. The molecule has 1 aliphatic carbocycles. The van der Waals surface area contributed by atoms with Crippen molar-refractivity contribution >= 4 is 45.3 Å². The smallest absolute Gasteiger partial charge is 0.405 e. The van der Waals surface area contributed by atoms with Gasteiger partial charge in [0.1, 0.15) is 24.6 Å². The van der Waals surface area contributed by atoms with E-state index in [4.69, 9.17) is 9.47 Å². The largest absolute Gasteiger partial charge is 0.497 e. The van der Waals surface area contributed by atoms with Gasteiger partial charge in [-0.2, -0.15) is 40.7 Å². The number of ether oxygens (including phenoxy) is 2. The van der Waals surface area contributed by atoms with Crippen LogP contribution in [0.25, 0.3) is 50.1 Å². The first kappa shape index (κ1) is 44.1. The number of fused-ring (bicyclic) bond motifs is 2. The van der Waals surface area contributed by atoms with Gasteiger partial charge in [-0.1, -0.05) is 12.2 Å². The minimum Gasteiger partial charge on any atom is -0.497 e. The molecule has 2 aromatic carbocycles. The van der Waals surface area contributed by atoms with Crippen LogP contribution in [0.2, 0.25) is 0 Å². The van der Waals surface area contributed by atoms with Crippen LogP contribution in [0.3, 0.4) is 0 Å². The summed E-state index contributed by atoms with van der Waals surface area (Å²) in [4.78, 5) is 58.1. The van der Waals surface area contributed by atoms with Crippen LogP contribution >= 0.6 is 0 Å². The van der Waals surface area contributed by atoms with E-state index >= 15 is 0 Å². The lowest BCUT2D eigenvalue weighted by Crippen LogP contribution is -2.25. The topological polar surface area (TPSA) is 168 Å². The number of allylic oxidation sites excluding steroid dienone is 4. The maximum absolute atomic E-state index is 13.5. The fraction of sp³-hybridized carbons (Fsp3) is 0.163. The molecule has 64 heavy (non-hydrogen) atoms. The van der Waals surface area contributed by atoms with Gasteiger partial charge in [0.2, 0.25) is 17.8 Å². The van der Waals surface area contributed by atoms with Crippen molar-refractivity contribution in [3.63, 3.8) is 0 Å². The summed E-state index contributed by atoms with van der Waals surface area (Å²) in [6, 6.07) is 18.7. The lowest BCUT2D eigenvalue weighted by atomic mass is 9.99. The number of aromatic nitrogens is 7. The predicted octanol–water partition coefficient (Wildman–Crippen LogP) is 7.64. The number of pyridine rings is 3.